The van der Waals surface area contributed by atoms with E-state index in [2.05, 4.69) is 24.4 Å². The zero-order valence-corrected chi connectivity index (χ0v) is 22.7. The van der Waals surface area contributed by atoms with Crippen molar-refractivity contribution in [1.29, 1.82) is 0 Å². The Morgan fingerprint density at radius 2 is 1.83 bits per heavy atom. The highest BCUT2D eigenvalue weighted by molar-refractivity contribution is 7.54. The lowest BCUT2D eigenvalue weighted by molar-refractivity contribution is -0.118. The smallest absolute Gasteiger partial charge is 0.340 e. The lowest BCUT2D eigenvalue weighted by Gasteiger charge is -2.17. The minimum atomic E-state index is -3.49. The van der Waals surface area contributed by atoms with Gasteiger partial charge in [-0.1, -0.05) is 25.4 Å². The molecule has 0 radical (unpaired) electrons. The fourth-order valence-electron chi connectivity index (χ4n) is 3.31. The van der Waals surface area contributed by atoms with Crippen molar-refractivity contribution < 1.29 is 27.9 Å². The first-order valence-corrected chi connectivity index (χ1v) is 13.5. The summed E-state index contributed by atoms with van der Waals surface area (Å²) in [6, 6.07) is 9.34. The van der Waals surface area contributed by atoms with E-state index in [1.807, 2.05) is 25.1 Å². The average Bonchev–Trinajstić information content (AvgIpc) is 2.79. The number of hydrogen-bond donors (Lipinski definition) is 1. The maximum absolute atomic E-state index is 12.5. The Morgan fingerprint density at radius 3 is 2.43 bits per heavy atom. The molecule has 0 heterocycles. The first kappa shape index (κ1) is 28.9. The van der Waals surface area contributed by atoms with E-state index < -0.39 is 19.7 Å². The van der Waals surface area contributed by atoms with Crippen LogP contribution in [0.25, 0.3) is 0 Å². The van der Waals surface area contributed by atoms with Gasteiger partial charge in [-0.15, -0.1) is 0 Å². The standard InChI is InChI=1S/C25H34ClN2O6P/c1-7-33-35(30,34-8-2)16-25(29)28-27-14-19-9-10-23(31-6)20(12-19)15-32-24-11-18(5)22(26)13-21(24)17(3)4/h9-14,17H,7-8,15-16H2,1-6H3,(H,28,29). The molecule has 192 valence electrons. The first-order chi connectivity index (χ1) is 16.6. The number of ether oxygens (including phenoxy) is 2. The van der Waals surface area contributed by atoms with Gasteiger partial charge in [0.05, 0.1) is 26.5 Å². The summed E-state index contributed by atoms with van der Waals surface area (Å²) in [6.45, 7) is 10.1. The average molecular weight is 525 g/mol. The van der Waals surface area contributed by atoms with E-state index in [0.29, 0.717) is 10.8 Å². The van der Waals surface area contributed by atoms with Gasteiger partial charge in [-0.2, -0.15) is 5.10 Å². The number of aryl methyl sites for hydroxylation is 1. The van der Waals surface area contributed by atoms with Gasteiger partial charge in [-0.3, -0.25) is 9.36 Å². The molecule has 10 heteroatoms. The molecule has 2 rings (SSSR count). The van der Waals surface area contributed by atoms with Gasteiger partial charge in [0, 0.05) is 10.6 Å². The van der Waals surface area contributed by atoms with Crippen molar-refractivity contribution in [1.82, 2.24) is 5.43 Å². The Balaban J connectivity index is 2.12. The van der Waals surface area contributed by atoms with E-state index in [-0.39, 0.29) is 25.7 Å². The Labute approximate surface area is 212 Å². The van der Waals surface area contributed by atoms with Crippen LogP contribution in [0.4, 0.5) is 0 Å². The summed E-state index contributed by atoms with van der Waals surface area (Å²) in [5, 5.41) is 4.67. The molecule has 0 aliphatic heterocycles. The van der Waals surface area contributed by atoms with Gasteiger partial charge in [0.1, 0.15) is 24.3 Å². The molecule has 0 saturated heterocycles. The molecule has 0 aliphatic carbocycles. The van der Waals surface area contributed by atoms with Crippen LogP contribution in [0.5, 0.6) is 11.5 Å². The number of nitrogens with zero attached hydrogens (tertiary/aromatic N) is 1. The molecule has 1 amide bonds. The molecule has 2 aromatic rings. The van der Waals surface area contributed by atoms with Crippen LogP contribution >= 0.6 is 19.2 Å². The molecular formula is C25H34ClN2O6P. The van der Waals surface area contributed by atoms with Crippen molar-refractivity contribution in [3.8, 4) is 11.5 Å². The third-order valence-electron chi connectivity index (χ3n) is 4.99. The molecule has 1 N–H and O–H groups in total. The number of nitrogens with one attached hydrogen (secondary N) is 1. The normalized spacial score (nSPS) is 11.8. The quantitative estimate of drug-likeness (QED) is 0.194. The number of hydrazone groups is 1. The predicted octanol–water partition coefficient (Wildman–Crippen LogP) is 6.08. The summed E-state index contributed by atoms with van der Waals surface area (Å²) in [6.07, 6.45) is 1.07. The highest BCUT2D eigenvalue weighted by Crippen LogP contribution is 2.47. The Bertz CT molecular complexity index is 1080. The van der Waals surface area contributed by atoms with Gasteiger partial charge in [0.2, 0.25) is 0 Å². The van der Waals surface area contributed by atoms with E-state index >= 15 is 0 Å². The molecule has 35 heavy (non-hydrogen) atoms. The topological polar surface area (TPSA) is 95.5 Å². The summed E-state index contributed by atoms with van der Waals surface area (Å²) < 4.78 is 34.4. The molecule has 8 nitrogen and oxygen atoms in total. The van der Waals surface area contributed by atoms with Crippen LogP contribution in [0.2, 0.25) is 5.02 Å². The number of benzene rings is 2. The van der Waals surface area contributed by atoms with Gasteiger partial charge >= 0.3 is 7.60 Å². The molecule has 0 unspecified atom stereocenters. The van der Waals surface area contributed by atoms with Crippen LogP contribution in [0.3, 0.4) is 0 Å². The second-order valence-electron chi connectivity index (χ2n) is 8.05. The largest absolute Gasteiger partial charge is 0.496 e. The van der Waals surface area contributed by atoms with Gasteiger partial charge in [0.25, 0.3) is 5.91 Å². The lowest BCUT2D eigenvalue weighted by atomic mass is 10.0. The van der Waals surface area contributed by atoms with Crippen LogP contribution in [0.1, 0.15) is 55.9 Å². The molecule has 0 saturated carbocycles. The van der Waals surface area contributed by atoms with Crippen LogP contribution in [0, 0.1) is 6.92 Å². The van der Waals surface area contributed by atoms with Crippen LogP contribution in [0.15, 0.2) is 35.4 Å². The third kappa shape index (κ3) is 8.65. The third-order valence-corrected chi connectivity index (χ3v) is 7.38. The monoisotopic (exact) mass is 524 g/mol. The molecule has 0 spiro atoms. The number of hydrogen-bond acceptors (Lipinski definition) is 7. The molecule has 0 bridgehead atoms. The predicted molar refractivity (Wildman–Crippen MR) is 139 cm³/mol. The van der Waals surface area contributed by atoms with Crippen molar-refractivity contribution >= 4 is 31.3 Å². The van der Waals surface area contributed by atoms with Crippen molar-refractivity contribution in [2.75, 3.05) is 26.5 Å². The SMILES string of the molecule is CCOP(=O)(CC(=O)NN=Cc1ccc(OC)c(COc2cc(C)c(Cl)cc2C(C)C)c1)OCC. The number of amides is 1. The molecule has 0 atom stereocenters. The van der Waals surface area contributed by atoms with Crippen molar-refractivity contribution in [3.05, 3.63) is 57.6 Å². The minimum absolute atomic E-state index is 0.179. The molecule has 0 aromatic heterocycles. The second kappa shape index (κ2) is 13.6. The van der Waals surface area contributed by atoms with E-state index in [9.17, 15) is 9.36 Å². The van der Waals surface area contributed by atoms with Crippen LogP contribution < -0.4 is 14.9 Å². The van der Waals surface area contributed by atoms with E-state index in [1.54, 1.807) is 33.1 Å². The van der Waals surface area contributed by atoms with Gasteiger partial charge in [-0.05, 0) is 73.7 Å². The summed E-state index contributed by atoms with van der Waals surface area (Å²) in [5.41, 5.74) is 5.86. The summed E-state index contributed by atoms with van der Waals surface area (Å²) in [4.78, 5) is 12.2. The second-order valence-corrected chi connectivity index (χ2v) is 10.5. The highest BCUT2D eigenvalue weighted by Gasteiger charge is 2.27. The molecule has 0 fully saturated rings. The van der Waals surface area contributed by atoms with Gasteiger partial charge in [-0.25, -0.2) is 5.43 Å². The number of carbonyl (C=O) groups excluding carboxylic acids is 1. The maximum Gasteiger partial charge on any atom is 0.340 e. The lowest BCUT2D eigenvalue weighted by Crippen LogP contribution is -2.22. The Morgan fingerprint density at radius 1 is 1.14 bits per heavy atom. The number of methoxy groups -OCH3 is 1. The van der Waals surface area contributed by atoms with E-state index in [1.165, 1.54) is 6.21 Å². The van der Waals surface area contributed by atoms with Crippen molar-refractivity contribution in [2.24, 2.45) is 5.10 Å². The fourth-order valence-corrected chi connectivity index (χ4v) is 4.94. The maximum atomic E-state index is 12.5. The van der Waals surface area contributed by atoms with Crippen LogP contribution in [-0.4, -0.2) is 38.6 Å². The molecule has 0 aliphatic rings. The molecular weight excluding hydrogens is 491 g/mol. The zero-order chi connectivity index (χ0) is 26.0. The number of carbonyl (C=O) groups is 1. The molecule has 2 aromatic carbocycles. The van der Waals surface area contributed by atoms with E-state index in [0.717, 1.165) is 28.0 Å². The summed E-state index contributed by atoms with van der Waals surface area (Å²) in [7, 11) is -1.90. The van der Waals surface area contributed by atoms with Crippen LogP contribution in [-0.2, 0) is 25.0 Å². The van der Waals surface area contributed by atoms with E-state index in [4.69, 9.17) is 30.1 Å². The van der Waals surface area contributed by atoms with Gasteiger partial charge < -0.3 is 18.5 Å². The fraction of sp³-hybridized carbons (Fsp3) is 0.440. The van der Waals surface area contributed by atoms with Gasteiger partial charge in [0.15, 0.2) is 0 Å². The Kier molecular flexibility index (Phi) is 11.2. The number of halogens is 1. The number of rotatable bonds is 13. The Hall–Kier alpha value is -2.38. The first-order valence-electron chi connectivity index (χ1n) is 11.4. The zero-order valence-electron chi connectivity index (χ0n) is 21.1. The summed E-state index contributed by atoms with van der Waals surface area (Å²) in [5.74, 6) is 1.11. The highest BCUT2D eigenvalue weighted by atomic mass is 35.5. The van der Waals surface area contributed by atoms with Crippen molar-refractivity contribution in [2.45, 2.75) is 47.1 Å². The summed E-state index contributed by atoms with van der Waals surface area (Å²) >= 11 is 6.30. The minimum Gasteiger partial charge on any atom is -0.496 e. The van der Waals surface area contributed by atoms with Crippen molar-refractivity contribution in [3.63, 3.8) is 0 Å².